The molecule has 0 unspecified atom stereocenters. The summed E-state index contributed by atoms with van der Waals surface area (Å²) in [5.41, 5.74) is 0.280. The van der Waals surface area contributed by atoms with Crippen LogP contribution >= 0.6 is 11.8 Å². The van der Waals surface area contributed by atoms with Gasteiger partial charge in [-0.25, -0.2) is 0 Å². The van der Waals surface area contributed by atoms with E-state index in [0.717, 1.165) is 17.7 Å². The molecule has 0 spiro atoms. The highest BCUT2D eigenvalue weighted by atomic mass is 32.2. The highest BCUT2D eigenvalue weighted by Crippen LogP contribution is 2.27. The van der Waals surface area contributed by atoms with E-state index in [0.29, 0.717) is 11.0 Å². The third kappa shape index (κ3) is 4.14. The standard InChI is InChI=1S/C17H15FN6O3S/c1-10(16(25)20-12-3-4-13(18)14(9-12)24(26)27)28-17-22-21-15(23(17)2)11-5-7-19-8-6-11/h3-10H,1-2H3,(H,20,25)/t10-/m0/s1. The molecule has 144 valence electrons. The number of benzene rings is 1. The molecule has 3 rings (SSSR count). The summed E-state index contributed by atoms with van der Waals surface area (Å²) < 4.78 is 15.2. The molecule has 0 aliphatic heterocycles. The van der Waals surface area contributed by atoms with Gasteiger partial charge in [-0.1, -0.05) is 11.8 Å². The van der Waals surface area contributed by atoms with Crippen LogP contribution in [0.25, 0.3) is 11.4 Å². The second kappa shape index (κ2) is 8.13. The Morgan fingerprint density at radius 3 is 2.68 bits per heavy atom. The fourth-order valence-electron chi connectivity index (χ4n) is 2.36. The van der Waals surface area contributed by atoms with Crippen LogP contribution in [0.1, 0.15) is 6.92 Å². The van der Waals surface area contributed by atoms with Gasteiger partial charge in [0.25, 0.3) is 0 Å². The predicted octanol–water partition coefficient (Wildman–Crippen LogP) is 3.04. The van der Waals surface area contributed by atoms with Gasteiger partial charge in [0, 0.05) is 36.8 Å². The second-order valence-corrected chi connectivity index (χ2v) is 7.08. The first-order valence-corrected chi connectivity index (χ1v) is 8.96. The number of nitrogens with one attached hydrogen (secondary N) is 1. The summed E-state index contributed by atoms with van der Waals surface area (Å²) in [6, 6.07) is 6.79. The number of nitro groups is 1. The number of carbonyl (C=O) groups is 1. The molecular weight excluding hydrogens is 387 g/mol. The molecule has 0 saturated carbocycles. The zero-order valence-corrected chi connectivity index (χ0v) is 15.7. The number of pyridine rings is 1. The number of nitro benzene ring substituents is 1. The molecule has 3 aromatic rings. The SMILES string of the molecule is C[C@H](Sc1nnc(-c2ccncc2)n1C)C(=O)Nc1ccc(F)c([N+](=O)[O-])c1. The molecule has 0 aliphatic carbocycles. The Kier molecular flexibility index (Phi) is 5.64. The van der Waals surface area contributed by atoms with E-state index >= 15 is 0 Å². The largest absolute Gasteiger partial charge is 0.325 e. The van der Waals surface area contributed by atoms with Crippen LogP contribution in [0.15, 0.2) is 47.9 Å². The van der Waals surface area contributed by atoms with Gasteiger partial charge in [0.1, 0.15) is 0 Å². The molecular formula is C17H15FN6O3S. The fraction of sp³-hybridized carbons (Fsp3) is 0.176. The molecule has 1 atom stereocenters. The highest BCUT2D eigenvalue weighted by molar-refractivity contribution is 8.00. The maximum absolute atomic E-state index is 13.4. The van der Waals surface area contributed by atoms with Gasteiger partial charge in [0.2, 0.25) is 11.7 Å². The lowest BCUT2D eigenvalue weighted by molar-refractivity contribution is -0.387. The van der Waals surface area contributed by atoms with Gasteiger partial charge in [0.15, 0.2) is 11.0 Å². The van der Waals surface area contributed by atoms with Crippen molar-refractivity contribution in [3.8, 4) is 11.4 Å². The molecule has 0 saturated heterocycles. The van der Waals surface area contributed by atoms with Gasteiger partial charge in [-0.3, -0.25) is 19.9 Å². The van der Waals surface area contributed by atoms with E-state index in [4.69, 9.17) is 0 Å². The molecule has 28 heavy (non-hydrogen) atoms. The van der Waals surface area contributed by atoms with Crippen LogP contribution in [0.4, 0.5) is 15.8 Å². The first-order valence-electron chi connectivity index (χ1n) is 8.08. The van der Waals surface area contributed by atoms with Crippen molar-refractivity contribution >= 4 is 29.0 Å². The Labute approximate surface area is 163 Å². The number of hydrogen-bond donors (Lipinski definition) is 1. The zero-order valence-electron chi connectivity index (χ0n) is 14.9. The minimum absolute atomic E-state index is 0.140. The minimum Gasteiger partial charge on any atom is -0.325 e. The summed E-state index contributed by atoms with van der Waals surface area (Å²) in [6.07, 6.45) is 3.30. The van der Waals surface area contributed by atoms with Crippen molar-refractivity contribution in [1.29, 1.82) is 0 Å². The molecule has 0 radical (unpaired) electrons. The predicted molar refractivity (Wildman–Crippen MR) is 101 cm³/mol. The van der Waals surface area contributed by atoms with Crippen molar-refractivity contribution in [3.05, 3.63) is 58.7 Å². The summed E-state index contributed by atoms with van der Waals surface area (Å²) in [5, 5.41) is 21.6. The monoisotopic (exact) mass is 402 g/mol. The topological polar surface area (TPSA) is 116 Å². The Balaban J connectivity index is 1.71. The quantitative estimate of drug-likeness (QED) is 0.383. The van der Waals surface area contributed by atoms with E-state index in [9.17, 15) is 19.3 Å². The third-order valence-corrected chi connectivity index (χ3v) is 4.97. The number of halogens is 1. The van der Waals surface area contributed by atoms with Crippen LogP contribution in [-0.2, 0) is 11.8 Å². The molecule has 0 bridgehead atoms. The van der Waals surface area contributed by atoms with Crippen molar-refractivity contribution in [2.24, 2.45) is 7.05 Å². The average Bonchev–Trinajstić information content (AvgIpc) is 3.04. The normalized spacial score (nSPS) is 11.8. The zero-order chi connectivity index (χ0) is 20.3. The summed E-state index contributed by atoms with van der Waals surface area (Å²) in [5.74, 6) is -0.737. The van der Waals surface area contributed by atoms with Gasteiger partial charge in [-0.15, -0.1) is 10.2 Å². The molecule has 0 aliphatic rings. The first kappa shape index (κ1) is 19.4. The molecule has 11 heteroatoms. The molecule has 1 amide bonds. The van der Waals surface area contributed by atoms with Crippen LogP contribution in [0, 0.1) is 15.9 Å². The number of aromatic nitrogens is 4. The van der Waals surface area contributed by atoms with Gasteiger partial charge in [0.05, 0.1) is 10.2 Å². The Morgan fingerprint density at radius 1 is 1.29 bits per heavy atom. The van der Waals surface area contributed by atoms with Crippen LogP contribution in [0.3, 0.4) is 0 Å². The number of anilines is 1. The van der Waals surface area contributed by atoms with Crippen molar-refractivity contribution in [2.75, 3.05) is 5.32 Å². The van der Waals surface area contributed by atoms with E-state index in [2.05, 4.69) is 20.5 Å². The van der Waals surface area contributed by atoms with Crippen molar-refractivity contribution in [1.82, 2.24) is 19.7 Å². The second-order valence-electron chi connectivity index (χ2n) is 5.77. The number of amides is 1. The van der Waals surface area contributed by atoms with Crippen molar-refractivity contribution in [2.45, 2.75) is 17.3 Å². The van der Waals surface area contributed by atoms with Crippen LogP contribution < -0.4 is 5.32 Å². The Bertz CT molecular complexity index is 1030. The smallest absolute Gasteiger partial charge is 0.306 e. The first-order chi connectivity index (χ1) is 13.4. The van der Waals surface area contributed by atoms with Gasteiger partial charge < -0.3 is 9.88 Å². The van der Waals surface area contributed by atoms with Crippen molar-refractivity contribution in [3.63, 3.8) is 0 Å². The summed E-state index contributed by atoms with van der Waals surface area (Å²) in [7, 11) is 1.78. The number of nitrogens with zero attached hydrogens (tertiary/aromatic N) is 5. The van der Waals surface area contributed by atoms with Crippen LogP contribution in [-0.4, -0.2) is 35.8 Å². The summed E-state index contributed by atoms with van der Waals surface area (Å²) in [6.45, 7) is 1.67. The van der Waals surface area contributed by atoms with E-state index in [1.54, 1.807) is 43.1 Å². The third-order valence-electron chi connectivity index (χ3n) is 3.84. The lowest BCUT2D eigenvalue weighted by Gasteiger charge is -2.11. The number of thioether (sulfide) groups is 1. The number of carbonyl (C=O) groups excluding carboxylic acids is 1. The molecule has 0 fully saturated rings. The lowest BCUT2D eigenvalue weighted by Crippen LogP contribution is -2.23. The molecule has 9 nitrogen and oxygen atoms in total. The fourth-order valence-corrected chi connectivity index (χ4v) is 3.17. The number of hydrogen-bond acceptors (Lipinski definition) is 7. The molecule has 2 heterocycles. The molecule has 1 N–H and O–H groups in total. The maximum Gasteiger partial charge on any atom is 0.306 e. The van der Waals surface area contributed by atoms with E-state index in [-0.39, 0.29) is 5.69 Å². The van der Waals surface area contributed by atoms with E-state index in [1.165, 1.54) is 17.8 Å². The van der Waals surface area contributed by atoms with Gasteiger partial charge >= 0.3 is 5.69 Å². The maximum atomic E-state index is 13.4. The van der Waals surface area contributed by atoms with E-state index in [1.807, 2.05) is 0 Å². The lowest BCUT2D eigenvalue weighted by atomic mass is 10.2. The molecule has 1 aromatic carbocycles. The van der Waals surface area contributed by atoms with E-state index < -0.39 is 27.6 Å². The van der Waals surface area contributed by atoms with Gasteiger partial charge in [-0.2, -0.15) is 4.39 Å². The Morgan fingerprint density at radius 2 is 2.00 bits per heavy atom. The average molecular weight is 402 g/mol. The summed E-state index contributed by atoms with van der Waals surface area (Å²) >= 11 is 1.18. The Hall–Kier alpha value is -3.34. The van der Waals surface area contributed by atoms with Crippen LogP contribution in [0.5, 0.6) is 0 Å². The number of rotatable bonds is 6. The summed E-state index contributed by atoms with van der Waals surface area (Å²) in [4.78, 5) is 26.3. The van der Waals surface area contributed by atoms with Crippen molar-refractivity contribution < 1.29 is 14.1 Å². The highest BCUT2D eigenvalue weighted by Gasteiger charge is 2.21. The van der Waals surface area contributed by atoms with Crippen LogP contribution in [0.2, 0.25) is 0 Å². The van der Waals surface area contributed by atoms with Gasteiger partial charge in [-0.05, 0) is 31.2 Å². The minimum atomic E-state index is -0.965. The molecule has 2 aromatic heterocycles.